The maximum atomic E-state index is 11.6. The van der Waals surface area contributed by atoms with E-state index >= 15 is 0 Å². The van der Waals surface area contributed by atoms with Crippen LogP contribution >= 0.6 is 0 Å². The third-order valence-corrected chi connectivity index (χ3v) is 3.59. The highest BCUT2D eigenvalue weighted by molar-refractivity contribution is 5.90. The number of hydrogen-bond donors (Lipinski definition) is 2. The van der Waals surface area contributed by atoms with E-state index in [0.29, 0.717) is 11.9 Å². The van der Waals surface area contributed by atoms with Crippen molar-refractivity contribution < 1.29 is 9.53 Å². The fourth-order valence-corrected chi connectivity index (χ4v) is 2.65. The number of amides is 1. The summed E-state index contributed by atoms with van der Waals surface area (Å²) in [6.45, 7) is 2.09. The topological polar surface area (TPSA) is 81.1 Å². The van der Waals surface area contributed by atoms with Crippen LogP contribution in [0.15, 0.2) is 30.3 Å². The Balaban J connectivity index is 1.89. The Labute approximate surface area is 128 Å². The Bertz CT molecular complexity index is 655. The molecule has 0 bridgehead atoms. The number of rotatable bonds is 4. The van der Waals surface area contributed by atoms with E-state index in [1.165, 1.54) is 12.7 Å². The third-order valence-electron chi connectivity index (χ3n) is 3.59. The Morgan fingerprint density at radius 1 is 1.45 bits per heavy atom. The molecule has 116 valence electrons. The highest BCUT2D eigenvalue weighted by atomic mass is 16.5. The number of methoxy groups -OCH3 is 1. The van der Waals surface area contributed by atoms with E-state index < -0.39 is 0 Å². The van der Waals surface area contributed by atoms with E-state index in [4.69, 9.17) is 4.74 Å². The van der Waals surface area contributed by atoms with Crippen molar-refractivity contribution in [2.45, 2.75) is 25.4 Å². The second-order valence-corrected chi connectivity index (χ2v) is 5.39. The van der Waals surface area contributed by atoms with Crippen LogP contribution in [-0.2, 0) is 9.53 Å². The Morgan fingerprint density at radius 3 is 2.95 bits per heavy atom. The molecule has 7 nitrogen and oxygen atoms in total. The summed E-state index contributed by atoms with van der Waals surface area (Å²) in [7, 11) is 1.47. The van der Waals surface area contributed by atoms with Gasteiger partial charge in [-0.15, -0.1) is 5.10 Å². The molecule has 1 aliphatic rings. The molecule has 0 saturated heterocycles. The largest absolute Gasteiger partial charge is 0.375 e. The molecule has 2 unspecified atom stereocenters. The van der Waals surface area contributed by atoms with Crippen LogP contribution in [-0.4, -0.2) is 40.4 Å². The van der Waals surface area contributed by atoms with Gasteiger partial charge < -0.3 is 10.1 Å². The van der Waals surface area contributed by atoms with Crippen LogP contribution in [0.3, 0.4) is 0 Å². The lowest BCUT2D eigenvalue weighted by Gasteiger charge is -2.29. The van der Waals surface area contributed by atoms with Crippen molar-refractivity contribution in [2.24, 2.45) is 0 Å². The lowest BCUT2D eigenvalue weighted by molar-refractivity contribution is -0.119. The Hall–Kier alpha value is -2.41. The van der Waals surface area contributed by atoms with E-state index in [2.05, 4.69) is 39.8 Å². The molecule has 1 aromatic carbocycles. The second-order valence-electron chi connectivity index (χ2n) is 5.39. The lowest BCUT2D eigenvalue weighted by Crippen LogP contribution is -2.31. The molecule has 1 aliphatic heterocycles. The Morgan fingerprint density at radius 2 is 2.23 bits per heavy atom. The third kappa shape index (κ3) is 2.94. The van der Waals surface area contributed by atoms with Crippen LogP contribution in [0.1, 0.15) is 24.9 Å². The smallest absolute Gasteiger partial charge is 0.252 e. The van der Waals surface area contributed by atoms with Gasteiger partial charge in [0.1, 0.15) is 6.61 Å². The van der Waals surface area contributed by atoms with Crippen LogP contribution in [0.5, 0.6) is 0 Å². The monoisotopic (exact) mass is 301 g/mol. The Kier molecular flexibility index (Phi) is 4.06. The minimum absolute atomic E-state index is 0.0180. The molecule has 0 radical (unpaired) electrons. The van der Waals surface area contributed by atoms with Gasteiger partial charge in [0.25, 0.3) is 11.9 Å². The minimum atomic E-state index is -0.269. The number of fused-ring (bicyclic) bond motifs is 1. The first kappa shape index (κ1) is 14.5. The van der Waals surface area contributed by atoms with Crippen molar-refractivity contribution in [1.82, 2.24) is 14.8 Å². The van der Waals surface area contributed by atoms with Gasteiger partial charge in [0.15, 0.2) is 0 Å². The van der Waals surface area contributed by atoms with Gasteiger partial charge >= 0.3 is 0 Å². The summed E-state index contributed by atoms with van der Waals surface area (Å²) in [6, 6.07) is 10.6. The first-order chi connectivity index (χ1) is 10.7. The summed E-state index contributed by atoms with van der Waals surface area (Å²) >= 11 is 0. The lowest BCUT2D eigenvalue weighted by atomic mass is 9.99. The van der Waals surface area contributed by atoms with Crippen molar-refractivity contribution in [3.8, 4) is 0 Å². The van der Waals surface area contributed by atoms with Crippen LogP contribution in [0, 0.1) is 0 Å². The molecule has 1 amide bonds. The molecule has 1 aromatic heterocycles. The molecule has 22 heavy (non-hydrogen) atoms. The van der Waals surface area contributed by atoms with E-state index in [1.807, 2.05) is 22.9 Å². The number of aromatic nitrogens is 3. The molecule has 0 aliphatic carbocycles. The summed E-state index contributed by atoms with van der Waals surface area (Å²) < 4.78 is 6.63. The van der Waals surface area contributed by atoms with Crippen LogP contribution < -0.4 is 10.6 Å². The zero-order valence-corrected chi connectivity index (χ0v) is 12.6. The maximum Gasteiger partial charge on any atom is 0.252 e. The van der Waals surface area contributed by atoms with E-state index in [-0.39, 0.29) is 24.6 Å². The zero-order chi connectivity index (χ0) is 15.5. The molecular formula is C15H19N5O2. The molecule has 0 saturated carbocycles. The van der Waals surface area contributed by atoms with E-state index in [9.17, 15) is 4.79 Å². The number of ether oxygens (including phenoxy) is 1. The van der Waals surface area contributed by atoms with Gasteiger partial charge in [0.2, 0.25) is 5.95 Å². The number of carbonyl (C=O) groups is 1. The normalized spacial score (nSPS) is 20.1. The predicted octanol–water partition coefficient (Wildman–Crippen LogP) is 1.66. The zero-order valence-electron chi connectivity index (χ0n) is 12.6. The molecule has 2 aromatic rings. The molecule has 0 spiro atoms. The quantitative estimate of drug-likeness (QED) is 0.897. The summed E-state index contributed by atoms with van der Waals surface area (Å²) in [5.74, 6) is 0.689. The first-order valence-electron chi connectivity index (χ1n) is 7.24. The average molecular weight is 301 g/mol. The molecule has 0 fully saturated rings. The molecule has 2 N–H and O–H groups in total. The van der Waals surface area contributed by atoms with Gasteiger partial charge in [0, 0.05) is 13.2 Å². The number of anilines is 2. The number of carbonyl (C=O) groups excluding carboxylic acids is 1. The highest BCUT2D eigenvalue weighted by Gasteiger charge is 2.28. The standard InChI is InChI=1S/C15H19N5O2/c1-10-8-12(11-6-4-3-5-7-11)20-15(16-10)18-14(19-20)17-13(21)9-22-2/h3-7,10,12H,8-9H2,1-2H3,(H2,16,17,18,19,21). The maximum absolute atomic E-state index is 11.6. The van der Waals surface area contributed by atoms with Crippen LogP contribution in [0.25, 0.3) is 0 Å². The van der Waals surface area contributed by atoms with Crippen molar-refractivity contribution >= 4 is 17.8 Å². The predicted molar refractivity (Wildman–Crippen MR) is 82.8 cm³/mol. The number of hydrogen-bond acceptors (Lipinski definition) is 5. The second kappa shape index (κ2) is 6.15. The SMILES string of the molecule is COCC(=O)Nc1nc2n(n1)C(c1ccccc1)CC(C)N2. The summed E-state index contributed by atoms with van der Waals surface area (Å²) in [5, 5.41) is 10.4. The number of nitrogens with one attached hydrogen (secondary N) is 2. The fourth-order valence-electron chi connectivity index (χ4n) is 2.65. The van der Waals surface area contributed by atoms with Gasteiger partial charge in [-0.1, -0.05) is 30.3 Å². The van der Waals surface area contributed by atoms with Gasteiger partial charge in [-0.3, -0.25) is 10.1 Å². The van der Waals surface area contributed by atoms with Crippen LogP contribution in [0.2, 0.25) is 0 Å². The van der Waals surface area contributed by atoms with Crippen molar-refractivity contribution in [2.75, 3.05) is 24.4 Å². The summed E-state index contributed by atoms with van der Waals surface area (Å²) in [5.41, 5.74) is 1.18. The van der Waals surface area contributed by atoms with E-state index in [0.717, 1.165) is 6.42 Å². The summed E-state index contributed by atoms with van der Waals surface area (Å²) in [4.78, 5) is 15.9. The highest BCUT2D eigenvalue weighted by Crippen LogP contribution is 2.31. The number of nitrogens with zero attached hydrogens (tertiary/aromatic N) is 3. The molecule has 7 heteroatoms. The van der Waals surface area contributed by atoms with Gasteiger partial charge in [-0.25, -0.2) is 4.68 Å². The summed E-state index contributed by atoms with van der Waals surface area (Å²) in [6.07, 6.45) is 0.909. The van der Waals surface area contributed by atoms with Crippen molar-refractivity contribution in [3.63, 3.8) is 0 Å². The van der Waals surface area contributed by atoms with Crippen LogP contribution in [0.4, 0.5) is 11.9 Å². The number of benzene rings is 1. The van der Waals surface area contributed by atoms with Crippen molar-refractivity contribution in [3.05, 3.63) is 35.9 Å². The molecule has 2 atom stereocenters. The molecular weight excluding hydrogens is 282 g/mol. The first-order valence-corrected chi connectivity index (χ1v) is 7.24. The average Bonchev–Trinajstić information content (AvgIpc) is 2.89. The van der Waals surface area contributed by atoms with E-state index in [1.54, 1.807) is 0 Å². The van der Waals surface area contributed by atoms with Gasteiger partial charge in [-0.2, -0.15) is 4.98 Å². The van der Waals surface area contributed by atoms with Gasteiger partial charge in [0.05, 0.1) is 6.04 Å². The molecule has 2 heterocycles. The van der Waals surface area contributed by atoms with Gasteiger partial charge in [-0.05, 0) is 18.9 Å². The molecule has 3 rings (SSSR count). The van der Waals surface area contributed by atoms with Crippen molar-refractivity contribution in [1.29, 1.82) is 0 Å². The fraction of sp³-hybridized carbons (Fsp3) is 0.400. The minimum Gasteiger partial charge on any atom is -0.375 e.